The number of halogens is 3. The van der Waals surface area contributed by atoms with Crippen molar-refractivity contribution < 1.29 is 23.1 Å². The van der Waals surface area contributed by atoms with E-state index in [-0.39, 0.29) is 12.5 Å². The molecule has 0 saturated carbocycles. The lowest BCUT2D eigenvalue weighted by molar-refractivity contribution is -0.161. The van der Waals surface area contributed by atoms with E-state index in [9.17, 15) is 13.2 Å². The Kier molecular flexibility index (Phi) is 5.86. The van der Waals surface area contributed by atoms with Gasteiger partial charge in [0, 0.05) is 20.2 Å². The van der Waals surface area contributed by atoms with Gasteiger partial charge in [-0.25, -0.2) is 0 Å². The van der Waals surface area contributed by atoms with Crippen LogP contribution in [0.15, 0.2) is 5.16 Å². The maximum Gasteiger partial charge on any atom is 0.400 e. The van der Waals surface area contributed by atoms with Gasteiger partial charge in [-0.15, -0.1) is 0 Å². The smallest absolute Gasteiger partial charge is 0.400 e. The van der Waals surface area contributed by atoms with Crippen LogP contribution in [0, 0.1) is 11.8 Å². The number of methoxy groups -OCH3 is 1. The van der Waals surface area contributed by atoms with Crippen LogP contribution in [0.25, 0.3) is 0 Å². The zero-order valence-corrected chi connectivity index (χ0v) is 10.9. The summed E-state index contributed by atoms with van der Waals surface area (Å²) in [6, 6.07) is 0. The van der Waals surface area contributed by atoms with Gasteiger partial charge in [0.25, 0.3) is 0 Å². The molecule has 112 valence electrons. The molecule has 8 heteroatoms. The van der Waals surface area contributed by atoms with Crippen molar-refractivity contribution >= 4 is 5.84 Å². The third-order valence-electron chi connectivity index (χ3n) is 3.31. The molecular formula is C11H20F3N3O2. The monoisotopic (exact) mass is 283 g/mol. The predicted octanol–water partition coefficient (Wildman–Crippen LogP) is 1.27. The number of nitrogens with two attached hydrogens (primary N) is 1. The molecule has 0 aromatic heterocycles. The molecule has 19 heavy (non-hydrogen) atoms. The van der Waals surface area contributed by atoms with Crippen molar-refractivity contribution in [3.8, 4) is 0 Å². The molecule has 5 nitrogen and oxygen atoms in total. The summed E-state index contributed by atoms with van der Waals surface area (Å²) in [6.07, 6.45) is -2.73. The second kappa shape index (κ2) is 6.95. The van der Waals surface area contributed by atoms with Crippen molar-refractivity contribution in [1.29, 1.82) is 0 Å². The number of likely N-dealkylation sites (tertiary alicyclic amines) is 1. The molecule has 0 aromatic carbocycles. The van der Waals surface area contributed by atoms with Gasteiger partial charge in [0.15, 0.2) is 5.84 Å². The van der Waals surface area contributed by atoms with Gasteiger partial charge in [0.05, 0.1) is 6.61 Å². The van der Waals surface area contributed by atoms with Crippen LogP contribution >= 0.6 is 0 Å². The molecule has 0 radical (unpaired) electrons. The number of nitrogens with zero attached hydrogens (tertiary/aromatic N) is 2. The van der Waals surface area contributed by atoms with Gasteiger partial charge < -0.3 is 20.6 Å². The molecule has 1 saturated heterocycles. The van der Waals surface area contributed by atoms with Gasteiger partial charge in [0.2, 0.25) is 0 Å². The summed E-state index contributed by atoms with van der Waals surface area (Å²) in [7, 11) is 1.58. The van der Waals surface area contributed by atoms with Crippen molar-refractivity contribution in [3.05, 3.63) is 0 Å². The van der Waals surface area contributed by atoms with Gasteiger partial charge >= 0.3 is 6.18 Å². The highest BCUT2D eigenvalue weighted by Gasteiger charge is 2.44. The lowest BCUT2D eigenvalue weighted by Crippen LogP contribution is -2.47. The Balaban J connectivity index is 2.64. The van der Waals surface area contributed by atoms with Gasteiger partial charge in [0.1, 0.15) is 5.92 Å². The average molecular weight is 283 g/mol. The normalized spacial score (nSPS) is 24.4. The second-order valence-electron chi connectivity index (χ2n) is 4.84. The quantitative estimate of drug-likeness (QED) is 0.345. The second-order valence-corrected chi connectivity index (χ2v) is 4.84. The first kappa shape index (κ1) is 16.0. The third-order valence-corrected chi connectivity index (χ3v) is 3.31. The largest absolute Gasteiger partial charge is 0.409 e. The van der Waals surface area contributed by atoms with Gasteiger partial charge in [-0.05, 0) is 25.3 Å². The molecule has 0 bridgehead atoms. The molecule has 1 rings (SSSR count). The summed E-state index contributed by atoms with van der Waals surface area (Å²) in [6.45, 7) is 1.39. The standard InChI is InChI=1S/C11H20F3N3O2/c1-19-7-8-3-2-4-17(5-8)6-9(10(15)16-18)11(12,13)14/h8-9,18H,2-7H2,1H3,(H2,15,16). The molecule has 1 heterocycles. The van der Waals surface area contributed by atoms with E-state index in [0.29, 0.717) is 19.7 Å². The van der Waals surface area contributed by atoms with E-state index >= 15 is 0 Å². The van der Waals surface area contributed by atoms with Crippen LogP contribution in [0.3, 0.4) is 0 Å². The molecule has 2 unspecified atom stereocenters. The Morgan fingerprint density at radius 3 is 2.79 bits per heavy atom. The van der Waals surface area contributed by atoms with Crippen LogP contribution in [-0.4, -0.2) is 55.5 Å². The van der Waals surface area contributed by atoms with Gasteiger partial charge in [-0.1, -0.05) is 5.16 Å². The minimum atomic E-state index is -4.51. The van der Waals surface area contributed by atoms with Gasteiger partial charge in [-0.2, -0.15) is 13.2 Å². The van der Waals surface area contributed by atoms with Crippen molar-refractivity contribution in [2.45, 2.75) is 19.0 Å². The summed E-state index contributed by atoms with van der Waals surface area (Å²) in [5, 5.41) is 11.0. The van der Waals surface area contributed by atoms with E-state index < -0.39 is 17.9 Å². The number of piperidine rings is 1. The topological polar surface area (TPSA) is 71.1 Å². The summed E-state index contributed by atoms with van der Waals surface area (Å²) < 4.78 is 43.5. The molecule has 3 N–H and O–H groups in total. The van der Waals surface area contributed by atoms with Gasteiger partial charge in [-0.3, -0.25) is 0 Å². The summed E-state index contributed by atoms with van der Waals surface area (Å²) in [5.41, 5.74) is 5.14. The molecule has 0 aliphatic carbocycles. The van der Waals surface area contributed by atoms with Crippen LogP contribution in [0.4, 0.5) is 13.2 Å². The summed E-state index contributed by atoms with van der Waals surface area (Å²) in [4.78, 5) is 1.70. The molecule has 0 spiro atoms. The fourth-order valence-electron chi connectivity index (χ4n) is 2.38. The van der Waals surface area contributed by atoms with Crippen LogP contribution < -0.4 is 5.73 Å². The van der Waals surface area contributed by atoms with Crippen molar-refractivity contribution in [2.24, 2.45) is 22.7 Å². The number of hydrogen-bond donors (Lipinski definition) is 2. The minimum Gasteiger partial charge on any atom is -0.409 e. The van der Waals surface area contributed by atoms with E-state index in [1.165, 1.54) is 0 Å². The maximum absolute atomic E-state index is 12.8. The van der Waals surface area contributed by atoms with E-state index in [1.54, 1.807) is 12.0 Å². The van der Waals surface area contributed by atoms with Crippen LogP contribution in [0.2, 0.25) is 0 Å². The molecule has 0 amide bonds. The SMILES string of the molecule is COCC1CCCN(CC(C(N)=NO)C(F)(F)F)C1. The first-order valence-corrected chi connectivity index (χ1v) is 6.14. The molecule has 1 aliphatic heterocycles. The number of amidine groups is 1. The van der Waals surface area contributed by atoms with Crippen molar-refractivity contribution in [1.82, 2.24) is 4.90 Å². The highest BCUT2D eigenvalue weighted by molar-refractivity contribution is 5.83. The number of alkyl halides is 3. The highest BCUT2D eigenvalue weighted by atomic mass is 19.4. The number of ether oxygens (including phenoxy) is 1. The van der Waals surface area contributed by atoms with E-state index in [4.69, 9.17) is 15.7 Å². The fraction of sp³-hybridized carbons (Fsp3) is 0.909. The number of oxime groups is 1. The highest BCUT2D eigenvalue weighted by Crippen LogP contribution is 2.28. The Morgan fingerprint density at radius 1 is 1.58 bits per heavy atom. The Labute approximate surface area is 110 Å². The minimum absolute atomic E-state index is 0.236. The predicted molar refractivity (Wildman–Crippen MR) is 64.0 cm³/mol. The average Bonchev–Trinajstić information content (AvgIpc) is 2.34. The van der Waals surface area contributed by atoms with E-state index in [0.717, 1.165) is 12.8 Å². The zero-order valence-electron chi connectivity index (χ0n) is 10.9. The lowest BCUT2D eigenvalue weighted by atomic mass is 9.97. The lowest BCUT2D eigenvalue weighted by Gasteiger charge is -2.34. The van der Waals surface area contributed by atoms with Crippen molar-refractivity contribution in [3.63, 3.8) is 0 Å². The Hall–Kier alpha value is -1.02. The molecule has 1 fully saturated rings. The Morgan fingerprint density at radius 2 is 2.26 bits per heavy atom. The van der Waals surface area contributed by atoms with E-state index in [1.807, 2.05) is 0 Å². The van der Waals surface area contributed by atoms with E-state index in [2.05, 4.69) is 5.16 Å². The maximum atomic E-state index is 12.8. The number of hydrogen-bond acceptors (Lipinski definition) is 4. The van der Waals surface area contributed by atoms with Crippen molar-refractivity contribution in [2.75, 3.05) is 33.4 Å². The molecular weight excluding hydrogens is 263 g/mol. The molecule has 0 aromatic rings. The van der Waals surface area contributed by atoms with Crippen LogP contribution in [-0.2, 0) is 4.74 Å². The Bertz CT molecular complexity index is 308. The fourth-order valence-corrected chi connectivity index (χ4v) is 2.38. The first-order chi connectivity index (χ1) is 8.88. The summed E-state index contributed by atoms with van der Waals surface area (Å²) in [5.74, 6) is -2.49. The van der Waals surface area contributed by atoms with Crippen LogP contribution in [0.1, 0.15) is 12.8 Å². The zero-order chi connectivity index (χ0) is 14.5. The molecule has 1 aliphatic rings. The molecule has 2 atom stereocenters. The number of rotatable bonds is 5. The summed E-state index contributed by atoms with van der Waals surface area (Å²) >= 11 is 0. The third kappa shape index (κ3) is 4.87. The first-order valence-electron chi connectivity index (χ1n) is 6.14. The van der Waals surface area contributed by atoms with Crippen LogP contribution in [0.5, 0.6) is 0 Å².